The van der Waals surface area contributed by atoms with Gasteiger partial charge in [-0.1, -0.05) is 19.1 Å². The smallest absolute Gasteiger partial charge is 0.142 e. The molecule has 1 nitrogen and oxygen atoms in total. The summed E-state index contributed by atoms with van der Waals surface area (Å²) >= 11 is 4.94. The third kappa shape index (κ3) is 2.99. The minimum absolute atomic E-state index is 0.253. The van der Waals surface area contributed by atoms with Crippen LogP contribution in [0.15, 0.2) is 34.8 Å². The Morgan fingerprint density at radius 3 is 2.67 bits per heavy atom. The highest BCUT2D eigenvalue weighted by Crippen LogP contribution is 2.27. The first kappa shape index (κ1) is 13.7. The van der Waals surface area contributed by atoms with Crippen molar-refractivity contribution < 1.29 is 4.39 Å². The van der Waals surface area contributed by atoms with E-state index in [1.807, 2.05) is 6.07 Å². The van der Waals surface area contributed by atoms with Crippen LogP contribution >= 0.6 is 27.3 Å². The van der Waals surface area contributed by atoms with Gasteiger partial charge < -0.3 is 5.73 Å². The molecule has 1 atom stereocenters. The van der Waals surface area contributed by atoms with Crippen molar-refractivity contribution in [3.8, 4) is 0 Å². The fraction of sp³-hybridized carbons (Fsp3) is 0.286. The summed E-state index contributed by atoms with van der Waals surface area (Å²) in [6.07, 6.45) is 1.71. The van der Waals surface area contributed by atoms with Crippen LogP contribution in [0.5, 0.6) is 0 Å². The molecule has 0 saturated heterocycles. The molecule has 1 aromatic carbocycles. The first-order chi connectivity index (χ1) is 8.61. The topological polar surface area (TPSA) is 26.0 Å². The molecule has 0 aliphatic rings. The highest BCUT2D eigenvalue weighted by molar-refractivity contribution is 9.10. The predicted octanol–water partition coefficient (Wildman–Crippen LogP) is 4.45. The molecule has 96 valence electrons. The number of rotatable bonds is 4. The highest BCUT2D eigenvalue weighted by atomic mass is 79.9. The first-order valence-electron chi connectivity index (χ1n) is 5.89. The van der Waals surface area contributed by atoms with Crippen LogP contribution in [-0.4, -0.2) is 0 Å². The minimum atomic E-state index is -0.300. The molecule has 1 heterocycles. The van der Waals surface area contributed by atoms with E-state index in [2.05, 4.69) is 35.0 Å². The second-order valence-electron chi connectivity index (χ2n) is 4.18. The second-order valence-corrected chi connectivity index (χ2v) is 6.28. The van der Waals surface area contributed by atoms with Gasteiger partial charge in [0, 0.05) is 27.8 Å². The van der Waals surface area contributed by atoms with Crippen molar-refractivity contribution in [2.24, 2.45) is 5.73 Å². The Bertz CT molecular complexity index is 538. The number of thiophene rings is 1. The van der Waals surface area contributed by atoms with Gasteiger partial charge in [0.1, 0.15) is 5.82 Å². The standard InChI is InChI=1S/C14H15BrFNS/c1-2-9-6-7-10(18-9)8-13(17)11-4-3-5-12(15)14(11)16/h3-7,13H,2,8,17H2,1H3. The lowest BCUT2D eigenvalue weighted by Gasteiger charge is -2.12. The summed E-state index contributed by atoms with van der Waals surface area (Å²) in [5.41, 5.74) is 6.66. The number of hydrogen-bond donors (Lipinski definition) is 1. The van der Waals surface area contributed by atoms with Crippen LogP contribution in [0.4, 0.5) is 4.39 Å². The van der Waals surface area contributed by atoms with Crippen molar-refractivity contribution in [1.29, 1.82) is 0 Å². The summed E-state index contributed by atoms with van der Waals surface area (Å²) in [6.45, 7) is 2.13. The zero-order valence-corrected chi connectivity index (χ0v) is 12.5. The molecule has 4 heteroatoms. The van der Waals surface area contributed by atoms with Crippen LogP contribution in [0.1, 0.15) is 28.3 Å². The molecular weight excluding hydrogens is 313 g/mol. The van der Waals surface area contributed by atoms with Crippen molar-refractivity contribution in [1.82, 2.24) is 0 Å². The van der Waals surface area contributed by atoms with Gasteiger partial charge in [0.05, 0.1) is 4.47 Å². The second kappa shape index (κ2) is 5.95. The van der Waals surface area contributed by atoms with Crippen LogP contribution in [0, 0.1) is 5.82 Å². The molecule has 2 rings (SSSR count). The number of nitrogens with two attached hydrogens (primary N) is 1. The van der Waals surface area contributed by atoms with E-state index in [-0.39, 0.29) is 11.9 Å². The van der Waals surface area contributed by atoms with Crippen LogP contribution in [0.2, 0.25) is 0 Å². The van der Waals surface area contributed by atoms with Gasteiger partial charge in [-0.3, -0.25) is 0 Å². The molecule has 0 aliphatic heterocycles. The number of benzene rings is 1. The summed E-state index contributed by atoms with van der Waals surface area (Å²) in [7, 11) is 0. The summed E-state index contributed by atoms with van der Waals surface area (Å²) in [5.74, 6) is -0.253. The number of hydrogen-bond acceptors (Lipinski definition) is 2. The Labute approximate surface area is 119 Å². The molecule has 0 amide bonds. The Hall–Kier alpha value is -0.710. The Balaban J connectivity index is 2.16. The average Bonchev–Trinajstić information content (AvgIpc) is 2.80. The van der Waals surface area contributed by atoms with Crippen LogP contribution in [0.25, 0.3) is 0 Å². The van der Waals surface area contributed by atoms with E-state index in [0.717, 1.165) is 6.42 Å². The van der Waals surface area contributed by atoms with E-state index in [1.54, 1.807) is 23.5 Å². The molecule has 2 aromatic rings. The summed E-state index contributed by atoms with van der Waals surface area (Å²) < 4.78 is 14.4. The van der Waals surface area contributed by atoms with Gasteiger partial charge in [0.2, 0.25) is 0 Å². The van der Waals surface area contributed by atoms with Gasteiger partial charge in [-0.15, -0.1) is 11.3 Å². The molecule has 0 radical (unpaired) electrons. The first-order valence-corrected chi connectivity index (χ1v) is 7.49. The van der Waals surface area contributed by atoms with E-state index in [9.17, 15) is 4.39 Å². The maximum atomic E-state index is 13.9. The molecule has 1 aromatic heterocycles. The highest BCUT2D eigenvalue weighted by Gasteiger charge is 2.14. The fourth-order valence-electron chi connectivity index (χ4n) is 1.86. The van der Waals surface area contributed by atoms with Gasteiger partial charge in [0.15, 0.2) is 0 Å². The normalized spacial score (nSPS) is 12.7. The van der Waals surface area contributed by atoms with Crippen LogP contribution in [-0.2, 0) is 12.8 Å². The molecule has 2 N–H and O–H groups in total. The molecule has 0 aliphatic carbocycles. The maximum Gasteiger partial charge on any atom is 0.142 e. The third-order valence-corrected chi connectivity index (χ3v) is 4.73. The fourth-order valence-corrected chi connectivity index (χ4v) is 3.25. The lowest BCUT2D eigenvalue weighted by molar-refractivity contribution is 0.576. The molecule has 0 saturated carbocycles. The summed E-state index contributed by atoms with van der Waals surface area (Å²) in [4.78, 5) is 2.55. The van der Waals surface area contributed by atoms with Crippen LogP contribution < -0.4 is 5.73 Å². The predicted molar refractivity (Wildman–Crippen MR) is 78.4 cm³/mol. The molecule has 18 heavy (non-hydrogen) atoms. The van der Waals surface area contributed by atoms with Crippen molar-refractivity contribution >= 4 is 27.3 Å². The zero-order valence-electron chi connectivity index (χ0n) is 10.1. The Morgan fingerprint density at radius 1 is 1.28 bits per heavy atom. The number of halogens is 2. The Kier molecular flexibility index (Phi) is 4.54. The van der Waals surface area contributed by atoms with E-state index < -0.39 is 0 Å². The van der Waals surface area contributed by atoms with Gasteiger partial charge in [-0.2, -0.15) is 0 Å². The quantitative estimate of drug-likeness (QED) is 0.881. The third-order valence-electron chi connectivity index (χ3n) is 2.87. The Morgan fingerprint density at radius 2 is 2.00 bits per heavy atom. The van der Waals surface area contributed by atoms with Gasteiger partial charge in [0.25, 0.3) is 0 Å². The van der Waals surface area contributed by atoms with Gasteiger partial charge in [-0.05, 0) is 40.5 Å². The lowest BCUT2D eigenvalue weighted by atomic mass is 10.0. The van der Waals surface area contributed by atoms with Crippen molar-refractivity contribution in [2.75, 3.05) is 0 Å². The molecule has 0 bridgehead atoms. The van der Waals surface area contributed by atoms with Gasteiger partial charge in [-0.25, -0.2) is 4.39 Å². The summed E-state index contributed by atoms with van der Waals surface area (Å²) in [6, 6.07) is 9.15. The number of aryl methyl sites for hydroxylation is 1. The maximum absolute atomic E-state index is 13.9. The summed E-state index contributed by atoms with van der Waals surface area (Å²) in [5, 5.41) is 0. The van der Waals surface area contributed by atoms with E-state index >= 15 is 0 Å². The van der Waals surface area contributed by atoms with Gasteiger partial charge >= 0.3 is 0 Å². The minimum Gasteiger partial charge on any atom is -0.324 e. The zero-order chi connectivity index (χ0) is 13.1. The molecule has 0 spiro atoms. The van der Waals surface area contributed by atoms with E-state index in [0.29, 0.717) is 16.5 Å². The lowest BCUT2D eigenvalue weighted by Crippen LogP contribution is -2.14. The van der Waals surface area contributed by atoms with Crippen LogP contribution in [0.3, 0.4) is 0 Å². The average molecular weight is 328 g/mol. The van der Waals surface area contributed by atoms with Crippen molar-refractivity contribution in [2.45, 2.75) is 25.8 Å². The van der Waals surface area contributed by atoms with E-state index in [4.69, 9.17) is 5.73 Å². The molecule has 1 unspecified atom stereocenters. The monoisotopic (exact) mass is 327 g/mol. The van der Waals surface area contributed by atoms with E-state index in [1.165, 1.54) is 9.75 Å². The van der Waals surface area contributed by atoms with Crippen molar-refractivity contribution in [3.63, 3.8) is 0 Å². The SMILES string of the molecule is CCc1ccc(CC(N)c2cccc(Br)c2F)s1. The molecular formula is C14H15BrFNS. The van der Waals surface area contributed by atoms with Crippen molar-refractivity contribution in [3.05, 3.63) is 55.9 Å². The largest absolute Gasteiger partial charge is 0.324 e. The molecule has 0 fully saturated rings.